The van der Waals surface area contributed by atoms with Gasteiger partial charge in [0.1, 0.15) is 17.9 Å². The number of halogens is 1. The number of carbonyl (C=O) groups is 2. The molecule has 8 nitrogen and oxygen atoms in total. The van der Waals surface area contributed by atoms with Gasteiger partial charge in [0.15, 0.2) is 0 Å². The summed E-state index contributed by atoms with van der Waals surface area (Å²) in [6.07, 6.45) is 0. The first-order valence-corrected chi connectivity index (χ1v) is 7.31. The number of hydrogen-bond acceptors (Lipinski definition) is 6. The van der Waals surface area contributed by atoms with E-state index in [2.05, 4.69) is 15.9 Å². The van der Waals surface area contributed by atoms with Crippen molar-refractivity contribution in [3.05, 3.63) is 67.7 Å². The van der Waals surface area contributed by atoms with E-state index in [0.717, 1.165) is 6.07 Å². The average molecular weight is 395 g/mol. The molecule has 1 amide bonds. The number of benzene rings is 2. The van der Waals surface area contributed by atoms with Crippen LogP contribution >= 0.6 is 15.9 Å². The highest BCUT2D eigenvalue weighted by molar-refractivity contribution is 9.10. The Morgan fingerprint density at radius 3 is 2.58 bits per heavy atom. The zero-order chi connectivity index (χ0) is 17.9. The Kier molecular flexibility index (Phi) is 5.14. The van der Waals surface area contributed by atoms with Gasteiger partial charge in [-0.15, -0.1) is 0 Å². The molecular weight excluding hydrogens is 384 g/mol. The van der Waals surface area contributed by atoms with Gasteiger partial charge in [0.25, 0.3) is 5.69 Å². The molecule has 24 heavy (non-hydrogen) atoms. The maximum atomic E-state index is 12.0. The van der Waals surface area contributed by atoms with E-state index in [1.807, 2.05) is 0 Å². The molecule has 0 aliphatic carbocycles. The molecule has 0 unspecified atom stereocenters. The summed E-state index contributed by atoms with van der Waals surface area (Å²) in [5.41, 5.74) is 4.67. The molecule has 0 bridgehead atoms. The van der Waals surface area contributed by atoms with Crippen molar-refractivity contribution in [3.8, 4) is 5.75 Å². The van der Waals surface area contributed by atoms with E-state index in [9.17, 15) is 24.8 Å². The van der Waals surface area contributed by atoms with E-state index in [0.29, 0.717) is 4.47 Å². The summed E-state index contributed by atoms with van der Waals surface area (Å²) in [6.45, 7) is -0.403. The van der Waals surface area contributed by atoms with Crippen molar-refractivity contribution in [2.45, 2.75) is 6.61 Å². The van der Waals surface area contributed by atoms with E-state index in [-0.39, 0.29) is 22.4 Å². The smallest absolute Gasteiger partial charge is 0.342 e. The van der Waals surface area contributed by atoms with Gasteiger partial charge in [0.2, 0.25) is 5.91 Å². The van der Waals surface area contributed by atoms with Gasteiger partial charge in [-0.2, -0.15) is 0 Å². The summed E-state index contributed by atoms with van der Waals surface area (Å²) < 4.78 is 5.56. The first-order valence-electron chi connectivity index (χ1n) is 6.52. The van der Waals surface area contributed by atoms with Gasteiger partial charge in [0.05, 0.1) is 10.5 Å². The van der Waals surface area contributed by atoms with Crippen LogP contribution < -0.4 is 5.73 Å². The highest BCUT2D eigenvalue weighted by Crippen LogP contribution is 2.25. The van der Waals surface area contributed by atoms with Crippen molar-refractivity contribution in [2.24, 2.45) is 5.73 Å². The minimum Gasteiger partial charge on any atom is -0.507 e. The largest absolute Gasteiger partial charge is 0.507 e. The molecule has 2 aromatic carbocycles. The molecule has 0 aliphatic rings. The topological polar surface area (TPSA) is 133 Å². The van der Waals surface area contributed by atoms with E-state index in [1.165, 1.54) is 24.3 Å². The second-order valence-corrected chi connectivity index (χ2v) is 5.62. The van der Waals surface area contributed by atoms with Crippen LogP contribution in [0.25, 0.3) is 0 Å². The number of hydrogen-bond donors (Lipinski definition) is 2. The number of phenolic OH excluding ortho intramolecular Hbond substituents is 1. The molecule has 0 aromatic heterocycles. The number of ether oxygens (including phenoxy) is 1. The highest BCUT2D eigenvalue weighted by atomic mass is 79.9. The quantitative estimate of drug-likeness (QED) is 0.454. The third-order valence-corrected chi connectivity index (χ3v) is 3.60. The molecule has 9 heteroatoms. The van der Waals surface area contributed by atoms with Crippen LogP contribution in [0.2, 0.25) is 0 Å². The summed E-state index contributed by atoms with van der Waals surface area (Å²) in [5, 5.41) is 20.7. The average Bonchev–Trinajstić information content (AvgIpc) is 2.54. The van der Waals surface area contributed by atoms with Gasteiger partial charge in [-0.3, -0.25) is 14.9 Å². The molecule has 0 saturated heterocycles. The molecule has 2 rings (SSSR count). The molecule has 3 N–H and O–H groups in total. The van der Waals surface area contributed by atoms with Crippen LogP contribution in [0, 0.1) is 10.1 Å². The maximum Gasteiger partial charge on any atom is 0.342 e. The second kappa shape index (κ2) is 7.09. The van der Waals surface area contributed by atoms with Crippen LogP contribution in [0.4, 0.5) is 5.69 Å². The fraction of sp³-hybridized carbons (Fsp3) is 0.0667. The van der Waals surface area contributed by atoms with Crippen LogP contribution in [0.3, 0.4) is 0 Å². The highest BCUT2D eigenvalue weighted by Gasteiger charge is 2.19. The normalized spacial score (nSPS) is 10.2. The third kappa shape index (κ3) is 3.87. The molecule has 0 saturated carbocycles. The van der Waals surface area contributed by atoms with Gasteiger partial charge in [-0.05, 0) is 30.3 Å². The van der Waals surface area contributed by atoms with E-state index in [4.69, 9.17) is 10.5 Å². The van der Waals surface area contributed by atoms with E-state index < -0.39 is 29.1 Å². The van der Waals surface area contributed by atoms with Crippen molar-refractivity contribution in [2.75, 3.05) is 0 Å². The Morgan fingerprint density at radius 1 is 1.25 bits per heavy atom. The lowest BCUT2D eigenvalue weighted by molar-refractivity contribution is -0.385. The number of primary amides is 1. The Labute approximate surface area is 144 Å². The lowest BCUT2D eigenvalue weighted by Crippen LogP contribution is -2.12. The minimum atomic E-state index is -0.845. The Hall–Kier alpha value is -2.94. The Morgan fingerprint density at radius 2 is 1.96 bits per heavy atom. The lowest BCUT2D eigenvalue weighted by Gasteiger charge is -2.08. The van der Waals surface area contributed by atoms with Gasteiger partial charge < -0.3 is 15.6 Å². The number of amides is 1. The SMILES string of the molecule is NC(=O)c1ccc(COC(=O)c2cc(Br)ccc2O)c([N+](=O)[O-])c1. The number of aromatic hydroxyl groups is 1. The van der Waals surface area contributed by atoms with Crippen molar-refractivity contribution in [3.63, 3.8) is 0 Å². The predicted molar refractivity (Wildman–Crippen MR) is 86.5 cm³/mol. The predicted octanol–water partition coefficient (Wildman–Crippen LogP) is 2.52. The van der Waals surface area contributed by atoms with Crippen molar-refractivity contribution in [1.29, 1.82) is 0 Å². The van der Waals surface area contributed by atoms with Crippen LogP contribution in [-0.2, 0) is 11.3 Å². The summed E-state index contributed by atoms with van der Waals surface area (Å²) in [5.74, 6) is -1.93. The summed E-state index contributed by atoms with van der Waals surface area (Å²) in [4.78, 5) is 33.5. The summed E-state index contributed by atoms with van der Waals surface area (Å²) in [6, 6.07) is 7.82. The van der Waals surface area contributed by atoms with Gasteiger partial charge >= 0.3 is 5.97 Å². The molecule has 0 atom stereocenters. The van der Waals surface area contributed by atoms with Crippen LogP contribution in [-0.4, -0.2) is 21.9 Å². The molecule has 0 heterocycles. The number of nitro benzene ring substituents is 1. The van der Waals surface area contributed by atoms with Gasteiger partial charge in [-0.1, -0.05) is 15.9 Å². The van der Waals surface area contributed by atoms with Gasteiger partial charge in [-0.25, -0.2) is 4.79 Å². The third-order valence-electron chi connectivity index (χ3n) is 3.10. The first-order chi connectivity index (χ1) is 11.3. The number of nitrogens with two attached hydrogens (primary N) is 1. The molecule has 0 radical (unpaired) electrons. The number of rotatable bonds is 5. The number of nitro groups is 1. The summed E-state index contributed by atoms with van der Waals surface area (Å²) in [7, 11) is 0. The Balaban J connectivity index is 2.22. The van der Waals surface area contributed by atoms with E-state index in [1.54, 1.807) is 6.07 Å². The fourth-order valence-electron chi connectivity index (χ4n) is 1.90. The number of nitrogens with zero attached hydrogens (tertiary/aromatic N) is 1. The van der Waals surface area contributed by atoms with Crippen LogP contribution in [0.5, 0.6) is 5.75 Å². The van der Waals surface area contributed by atoms with Crippen molar-refractivity contribution >= 4 is 33.5 Å². The zero-order valence-corrected chi connectivity index (χ0v) is 13.6. The van der Waals surface area contributed by atoms with Crippen molar-refractivity contribution in [1.82, 2.24) is 0 Å². The molecule has 0 fully saturated rings. The fourth-order valence-corrected chi connectivity index (χ4v) is 2.26. The molecular formula is C15H11BrN2O6. The van der Waals surface area contributed by atoms with Crippen molar-refractivity contribution < 1.29 is 24.4 Å². The second-order valence-electron chi connectivity index (χ2n) is 4.70. The molecule has 0 aliphatic heterocycles. The molecule has 0 spiro atoms. The Bertz CT molecular complexity index is 837. The number of phenols is 1. The van der Waals surface area contributed by atoms with Crippen LogP contribution in [0.1, 0.15) is 26.3 Å². The van der Waals surface area contributed by atoms with E-state index >= 15 is 0 Å². The summed E-state index contributed by atoms with van der Waals surface area (Å²) >= 11 is 3.16. The lowest BCUT2D eigenvalue weighted by atomic mass is 10.1. The van der Waals surface area contributed by atoms with Gasteiger partial charge in [0, 0.05) is 16.1 Å². The first kappa shape index (κ1) is 17.4. The maximum absolute atomic E-state index is 12.0. The molecule has 2 aromatic rings. The molecule has 124 valence electrons. The zero-order valence-electron chi connectivity index (χ0n) is 12.1. The minimum absolute atomic E-state index is 0.0265. The van der Waals surface area contributed by atoms with Crippen LogP contribution in [0.15, 0.2) is 40.9 Å². The monoisotopic (exact) mass is 394 g/mol. The standard InChI is InChI=1S/C15H11BrN2O6/c16-10-3-4-13(19)11(6-10)15(21)24-7-9-2-1-8(14(17)20)5-12(9)18(22)23/h1-6,19H,7H2,(H2,17,20). The number of esters is 1. The number of carbonyl (C=O) groups excluding carboxylic acids is 2.